The molecule has 3 aromatic heterocycles. The summed E-state index contributed by atoms with van der Waals surface area (Å²) in [5.74, 6) is -1.25. The fraction of sp³-hybridized carbons (Fsp3) is 0.172. The summed E-state index contributed by atoms with van der Waals surface area (Å²) in [4.78, 5) is 42.5. The number of hydrogen-bond donors (Lipinski definition) is 2. The number of halogens is 3. The molecule has 3 heterocycles. The standard InChI is InChI=1S/C29H24F2N6O4.ClH.H2O/c1-16-26(29(40)37(35(16)2)20-8-5-18(30)6-9-20)28(39)32-19-7-11-23(22(31)13-19)41-21-10-12-25-33-24(15-36(25)14-21)34-27(38)17-3-4-17;;/h5-15,17H,3-4H2,1-2H3,(H,32,39)(H,34,38);1H;1H2. The second kappa shape index (κ2) is 12.1. The Morgan fingerprint density at radius 2 is 1.72 bits per heavy atom. The quantitative estimate of drug-likeness (QED) is 0.280. The summed E-state index contributed by atoms with van der Waals surface area (Å²) in [7, 11) is 1.61. The van der Waals surface area contributed by atoms with Gasteiger partial charge in [0.25, 0.3) is 11.5 Å². The van der Waals surface area contributed by atoms with Crippen molar-refractivity contribution in [2.24, 2.45) is 13.0 Å². The van der Waals surface area contributed by atoms with Gasteiger partial charge in [-0.05, 0) is 68.3 Å². The van der Waals surface area contributed by atoms with E-state index in [-0.39, 0.29) is 46.7 Å². The van der Waals surface area contributed by atoms with Gasteiger partial charge in [-0.25, -0.2) is 18.4 Å². The molecule has 1 saturated carbocycles. The van der Waals surface area contributed by atoms with Gasteiger partial charge in [0, 0.05) is 24.7 Å². The predicted octanol–water partition coefficient (Wildman–Crippen LogP) is 4.40. The van der Waals surface area contributed by atoms with Crippen molar-refractivity contribution in [3.8, 4) is 17.2 Å². The number of ether oxygens (including phenoxy) is 1. The van der Waals surface area contributed by atoms with E-state index in [0.29, 0.717) is 28.6 Å². The third kappa shape index (κ3) is 6.12. The minimum Gasteiger partial charge on any atom is -0.453 e. The number of imidazole rings is 1. The number of hydrogen-bond acceptors (Lipinski definition) is 5. The molecule has 0 saturated heterocycles. The van der Waals surface area contributed by atoms with Gasteiger partial charge < -0.3 is 25.2 Å². The third-order valence-electron chi connectivity index (χ3n) is 6.89. The van der Waals surface area contributed by atoms with E-state index in [0.717, 1.165) is 18.9 Å². The Kier molecular flexibility index (Phi) is 8.69. The highest BCUT2D eigenvalue weighted by molar-refractivity contribution is 6.05. The van der Waals surface area contributed by atoms with Crippen molar-refractivity contribution in [3.63, 3.8) is 0 Å². The summed E-state index contributed by atoms with van der Waals surface area (Å²) in [6.45, 7) is 1.61. The van der Waals surface area contributed by atoms with Crippen LogP contribution in [0.1, 0.15) is 28.9 Å². The molecule has 4 N–H and O–H groups in total. The van der Waals surface area contributed by atoms with E-state index < -0.39 is 23.1 Å². The zero-order chi connectivity index (χ0) is 28.8. The number of nitrogens with zero attached hydrogens (tertiary/aromatic N) is 4. The molecule has 2 aromatic carbocycles. The Morgan fingerprint density at radius 1 is 1.00 bits per heavy atom. The number of aromatic nitrogens is 4. The normalized spacial score (nSPS) is 12.3. The third-order valence-corrected chi connectivity index (χ3v) is 6.89. The van der Waals surface area contributed by atoms with Crippen LogP contribution in [-0.2, 0) is 11.8 Å². The van der Waals surface area contributed by atoms with E-state index in [1.54, 1.807) is 42.9 Å². The van der Waals surface area contributed by atoms with Gasteiger partial charge in [-0.15, -0.1) is 12.4 Å². The number of pyridine rings is 1. The highest BCUT2D eigenvalue weighted by Crippen LogP contribution is 2.31. The lowest BCUT2D eigenvalue weighted by Gasteiger charge is -2.09. The molecule has 43 heavy (non-hydrogen) atoms. The number of benzene rings is 2. The lowest BCUT2D eigenvalue weighted by Crippen LogP contribution is -2.25. The molecule has 0 atom stereocenters. The van der Waals surface area contributed by atoms with Crippen molar-refractivity contribution in [1.82, 2.24) is 18.7 Å². The number of amides is 2. The average molecular weight is 613 g/mol. The molecule has 14 heteroatoms. The maximum atomic E-state index is 15.0. The van der Waals surface area contributed by atoms with Crippen LogP contribution < -0.4 is 20.9 Å². The number of nitrogens with one attached hydrogen (secondary N) is 2. The van der Waals surface area contributed by atoms with Gasteiger partial charge in [-0.1, -0.05) is 0 Å². The monoisotopic (exact) mass is 612 g/mol. The van der Waals surface area contributed by atoms with E-state index in [1.807, 2.05) is 0 Å². The molecule has 1 fully saturated rings. The highest BCUT2D eigenvalue weighted by atomic mass is 35.5. The fourth-order valence-electron chi connectivity index (χ4n) is 4.49. The molecule has 0 unspecified atom stereocenters. The van der Waals surface area contributed by atoms with Crippen LogP contribution in [0.2, 0.25) is 0 Å². The van der Waals surface area contributed by atoms with E-state index >= 15 is 0 Å². The summed E-state index contributed by atoms with van der Waals surface area (Å²) in [6.07, 6.45) is 5.02. The molecule has 5 aromatic rings. The van der Waals surface area contributed by atoms with Gasteiger partial charge in [-0.2, -0.15) is 0 Å². The number of rotatable bonds is 7. The molecule has 0 radical (unpaired) electrons. The molecule has 1 aliphatic rings. The Balaban J connectivity index is 0.00000212. The van der Waals surface area contributed by atoms with Crippen LogP contribution in [0, 0.1) is 24.5 Å². The van der Waals surface area contributed by atoms with Crippen LogP contribution in [0.5, 0.6) is 11.5 Å². The lowest BCUT2D eigenvalue weighted by molar-refractivity contribution is -0.117. The average Bonchev–Trinajstić information content (AvgIpc) is 3.67. The zero-order valence-corrected chi connectivity index (χ0v) is 23.7. The first-order valence-electron chi connectivity index (χ1n) is 12.8. The van der Waals surface area contributed by atoms with Crippen molar-refractivity contribution in [3.05, 3.63) is 100 Å². The SMILES string of the molecule is Cc1c(C(=O)Nc2ccc(Oc3ccc4nc(NC(=O)C5CC5)cn4c3)c(F)c2)c(=O)n(-c2ccc(F)cc2)n1C.Cl.O. The largest absolute Gasteiger partial charge is 0.453 e. The Labute approximate surface area is 249 Å². The van der Waals surface area contributed by atoms with Crippen molar-refractivity contribution in [2.75, 3.05) is 10.6 Å². The molecule has 0 aliphatic heterocycles. The summed E-state index contributed by atoms with van der Waals surface area (Å²) in [5, 5.41) is 5.34. The maximum absolute atomic E-state index is 15.0. The van der Waals surface area contributed by atoms with Gasteiger partial charge in [-0.3, -0.25) is 19.1 Å². The molecule has 224 valence electrons. The first kappa shape index (κ1) is 30.9. The first-order valence-corrected chi connectivity index (χ1v) is 12.8. The smallest absolute Gasteiger partial charge is 0.284 e. The second-order valence-electron chi connectivity index (χ2n) is 9.80. The molecule has 0 bridgehead atoms. The van der Waals surface area contributed by atoms with Crippen LogP contribution in [-0.4, -0.2) is 36.0 Å². The summed E-state index contributed by atoms with van der Waals surface area (Å²) in [6, 6.07) is 12.5. The molecule has 6 rings (SSSR count). The van der Waals surface area contributed by atoms with Gasteiger partial charge in [0.1, 0.15) is 22.8 Å². The summed E-state index contributed by atoms with van der Waals surface area (Å²) in [5.41, 5.74) is 0.747. The first-order chi connectivity index (χ1) is 19.7. The van der Waals surface area contributed by atoms with Crippen molar-refractivity contribution in [1.29, 1.82) is 0 Å². The predicted molar refractivity (Wildman–Crippen MR) is 158 cm³/mol. The second-order valence-corrected chi connectivity index (χ2v) is 9.80. The summed E-state index contributed by atoms with van der Waals surface area (Å²) < 4.78 is 38.4. The Hall–Kier alpha value is -5.01. The molecule has 1 aliphatic carbocycles. The van der Waals surface area contributed by atoms with Gasteiger partial charge in [0.15, 0.2) is 17.4 Å². The van der Waals surface area contributed by atoms with Gasteiger partial charge >= 0.3 is 0 Å². The van der Waals surface area contributed by atoms with Crippen LogP contribution in [0.15, 0.2) is 71.8 Å². The highest BCUT2D eigenvalue weighted by Gasteiger charge is 2.30. The number of carbonyl (C=O) groups excluding carboxylic acids is 2. The topological polar surface area (TPSA) is 143 Å². The number of anilines is 2. The molecule has 11 nitrogen and oxygen atoms in total. The van der Waals surface area contributed by atoms with E-state index in [9.17, 15) is 23.2 Å². The maximum Gasteiger partial charge on any atom is 0.284 e. The van der Waals surface area contributed by atoms with Gasteiger partial charge in [0.05, 0.1) is 23.8 Å². The number of carbonyl (C=O) groups is 2. The summed E-state index contributed by atoms with van der Waals surface area (Å²) >= 11 is 0. The van der Waals surface area contributed by atoms with Gasteiger partial charge in [0.2, 0.25) is 5.91 Å². The number of fused-ring (bicyclic) bond motifs is 1. The van der Waals surface area contributed by atoms with Crippen LogP contribution in [0.25, 0.3) is 11.3 Å². The molecule has 0 spiro atoms. The molecular formula is C29H27ClF2N6O5. The molecular weight excluding hydrogens is 586 g/mol. The van der Waals surface area contributed by atoms with Crippen LogP contribution in [0.4, 0.5) is 20.3 Å². The Bertz CT molecular complexity index is 1900. The van der Waals surface area contributed by atoms with E-state index in [2.05, 4.69) is 15.6 Å². The minimum absolute atomic E-state index is 0. The van der Waals surface area contributed by atoms with Crippen LogP contribution >= 0.6 is 12.4 Å². The van der Waals surface area contributed by atoms with Crippen molar-refractivity contribution in [2.45, 2.75) is 19.8 Å². The zero-order valence-electron chi connectivity index (χ0n) is 22.9. The van der Waals surface area contributed by atoms with E-state index in [4.69, 9.17) is 4.74 Å². The Morgan fingerprint density at radius 3 is 2.40 bits per heavy atom. The fourth-order valence-corrected chi connectivity index (χ4v) is 4.49. The minimum atomic E-state index is -0.737. The lowest BCUT2D eigenvalue weighted by atomic mass is 10.2. The van der Waals surface area contributed by atoms with Crippen molar-refractivity contribution < 1.29 is 28.6 Å². The van der Waals surface area contributed by atoms with Crippen LogP contribution in [0.3, 0.4) is 0 Å². The van der Waals surface area contributed by atoms with Crippen molar-refractivity contribution >= 4 is 41.4 Å². The molecule has 2 amide bonds. The van der Waals surface area contributed by atoms with E-state index in [1.165, 1.54) is 45.8 Å².